The molecule has 33 heavy (non-hydrogen) atoms. The van der Waals surface area contributed by atoms with E-state index in [9.17, 15) is 9.59 Å². The van der Waals surface area contributed by atoms with Gasteiger partial charge in [-0.05, 0) is 61.8 Å². The van der Waals surface area contributed by atoms with E-state index in [1.54, 1.807) is 14.2 Å². The fraction of sp³-hybridized carbons (Fsp3) is 0.385. The third kappa shape index (κ3) is 9.78. The summed E-state index contributed by atoms with van der Waals surface area (Å²) in [5, 5.41) is 5.69. The van der Waals surface area contributed by atoms with Crippen LogP contribution in [0.15, 0.2) is 48.5 Å². The Morgan fingerprint density at radius 2 is 1.73 bits per heavy atom. The highest BCUT2D eigenvalue weighted by atomic mass is 16.5. The van der Waals surface area contributed by atoms with Gasteiger partial charge in [0.15, 0.2) is 11.5 Å². The van der Waals surface area contributed by atoms with Gasteiger partial charge in [0.25, 0.3) is 0 Å². The van der Waals surface area contributed by atoms with Crippen LogP contribution >= 0.6 is 0 Å². The number of rotatable bonds is 13. The smallest absolute Gasteiger partial charge is 0.223 e. The molecule has 0 saturated heterocycles. The van der Waals surface area contributed by atoms with Crippen molar-refractivity contribution in [2.75, 3.05) is 46.2 Å². The van der Waals surface area contributed by atoms with Crippen LogP contribution in [0.3, 0.4) is 0 Å². The zero-order chi connectivity index (χ0) is 24.1. The van der Waals surface area contributed by atoms with Crippen molar-refractivity contribution >= 4 is 23.6 Å². The number of nitrogens with zero attached hydrogens (tertiary/aromatic N) is 1. The molecule has 7 nitrogen and oxygen atoms in total. The Morgan fingerprint density at radius 1 is 1.00 bits per heavy atom. The molecule has 178 valence electrons. The number of anilines is 1. The quantitative estimate of drug-likeness (QED) is 0.452. The highest BCUT2D eigenvalue weighted by Gasteiger charge is 2.06. The van der Waals surface area contributed by atoms with Gasteiger partial charge in [0.05, 0.1) is 14.2 Å². The van der Waals surface area contributed by atoms with Crippen molar-refractivity contribution in [3.8, 4) is 11.5 Å². The lowest BCUT2D eigenvalue weighted by Gasteiger charge is -2.17. The number of nitrogens with one attached hydrogen (secondary N) is 2. The van der Waals surface area contributed by atoms with Crippen LogP contribution in [0.25, 0.3) is 6.08 Å². The van der Waals surface area contributed by atoms with Crippen molar-refractivity contribution < 1.29 is 19.1 Å². The molecule has 2 aromatic rings. The topological polar surface area (TPSA) is 79.9 Å². The first-order chi connectivity index (χ1) is 15.9. The fourth-order valence-electron chi connectivity index (χ4n) is 3.30. The number of amides is 2. The number of carbonyl (C=O) groups is 2. The molecule has 0 aromatic heterocycles. The minimum atomic E-state index is -0.0981. The van der Waals surface area contributed by atoms with Crippen LogP contribution in [0, 0.1) is 0 Å². The molecular weight excluding hydrogens is 418 g/mol. The molecule has 0 radical (unpaired) electrons. The van der Waals surface area contributed by atoms with Crippen molar-refractivity contribution in [1.29, 1.82) is 0 Å². The van der Waals surface area contributed by atoms with Crippen molar-refractivity contribution in [3.05, 3.63) is 59.7 Å². The molecule has 2 rings (SSSR count). The van der Waals surface area contributed by atoms with Crippen LogP contribution in [0.1, 0.15) is 30.9 Å². The molecule has 2 aromatic carbocycles. The van der Waals surface area contributed by atoms with Gasteiger partial charge in [0.2, 0.25) is 11.8 Å². The minimum absolute atomic E-state index is 0.00842. The predicted octanol–water partition coefficient (Wildman–Crippen LogP) is 3.75. The van der Waals surface area contributed by atoms with E-state index in [1.165, 1.54) is 12.5 Å². The Morgan fingerprint density at radius 3 is 2.39 bits per heavy atom. The first-order valence-corrected chi connectivity index (χ1v) is 11.1. The van der Waals surface area contributed by atoms with E-state index in [0.29, 0.717) is 13.0 Å². The second-order valence-electron chi connectivity index (χ2n) is 7.86. The monoisotopic (exact) mass is 453 g/mol. The molecule has 0 fully saturated rings. The average molecular weight is 454 g/mol. The van der Waals surface area contributed by atoms with E-state index >= 15 is 0 Å². The number of likely N-dealkylation sites (N-methyl/N-ethyl adjacent to an activating group) is 1. The summed E-state index contributed by atoms with van der Waals surface area (Å²) < 4.78 is 10.6. The molecule has 0 aliphatic carbocycles. The zero-order valence-electron chi connectivity index (χ0n) is 20.0. The highest BCUT2D eigenvalue weighted by molar-refractivity contribution is 5.88. The van der Waals surface area contributed by atoms with Gasteiger partial charge in [-0.15, -0.1) is 0 Å². The van der Waals surface area contributed by atoms with Crippen LogP contribution in [0.4, 0.5) is 5.69 Å². The zero-order valence-corrected chi connectivity index (χ0v) is 20.0. The molecule has 2 amide bonds. The number of methoxy groups -OCH3 is 2. The Bertz CT molecular complexity index is 926. The fourth-order valence-corrected chi connectivity index (χ4v) is 3.30. The Kier molecular flexibility index (Phi) is 11.0. The number of benzene rings is 2. The summed E-state index contributed by atoms with van der Waals surface area (Å²) >= 11 is 0. The molecule has 0 unspecified atom stereocenters. The van der Waals surface area contributed by atoms with Crippen LogP contribution in [0.5, 0.6) is 11.5 Å². The summed E-state index contributed by atoms with van der Waals surface area (Å²) in [7, 11) is 5.36. The van der Waals surface area contributed by atoms with Gasteiger partial charge >= 0.3 is 0 Å². The Balaban J connectivity index is 1.61. The molecule has 0 spiro atoms. The minimum Gasteiger partial charge on any atom is -0.493 e. The largest absolute Gasteiger partial charge is 0.493 e. The SMILES string of the molecule is COc1ccc(CCN(C)CCCNC(=O)CC=Cc2ccc(NC(C)=O)cc2)cc1OC. The van der Waals surface area contributed by atoms with Crippen LogP contribution in [-0.4, -0.2) is 57.6 Å². The number of ether oxygens (including phenoxy) is 2. The molecular formula is C26H35N3O4. The van der Waals surface area contributed by atoms with Crippen LogP contribution in [-0.2, 0) is 16.0 Å². The molecule has 0 heterocycles. The van der Waals surface area contributed by atoms with Gasteiger partial charge in [-0.3, -0.25) is 9.59 Å². The third-order valence-corrected chi connectivity index (χ3v) is 5.11. The van der Waals surface area contributed by atoms with E-state index < -0.39 is 0 Å². The van der Waals surface area contributed by atoms with E-state index in [1.807, 2.05) is 48.6 Å². The first-order valence-electron chi connectivity index (χ1n) is 11.1. The molecule has 0 aliphatic rings. The summed E-state index contributed by atoms with van der Waals surface area (Å²) in [6.07, 6.45) is 5.89. The normalized spacial score (nSPS) is 10.9. The van der Waals surface area contributed by atoms with Crippen LogP contribution < -0.4 is 20.1 Å². The maximum atomic E-state index is 12.0. The van der Waals surface area contributed by atoms with E-state index in [0.717, 1.165) is 48.7 Å². The summed E-state index contributed by atoms with van der Waals surface area (Å²) in [6, 6.07) is 13.5. The number of carbonyl (C=O) groups excluding carboxylic acids is 2. The maximum Gasteiger partial charge on any atom is 0.223 e. The Hall–Kier alpha value is -3.32. The van der Waals surface area contributed by atoms with Crippen molar-refractivity contribution in [2.45, 2.75) is 26.2 Å². The molecule has 0 aliphatic heterocycles. The van der Waals surface area contributed by atoms with Crippen molar-refractivity contribution in [2.24, 2.45) is 0 Å². The second-order valence-corrected chi connectivity index (χ2v) is 7.86. The molecule has 0 atom stereocenters. The standard InChI is InChI=1S/C26H35N3O4/c1-20(30)28-23-12-9-21(10-13-23)7-5-8-26(31)27-16-6-17-29(2)18-15-22-11-14-24(32-3)25(19-22)33-4/h5,7,9-14,19H,6,8,15-18H2,1-4H3,(H,27,31)(H,28,30). The maximum absolute atomic E-state index is 12.0. The first kappa shape index (κ1) is 25.9. The molecule has 2 N–H and O–H groups in total. The lowest BCUT2D eigenvalue weighted by atomic mass is 10.1. The van der Waals surface area contributed by atoms with Crippen LogP contribution in [0.2, 0.25) is 0 Å². The van der Waals surface area contributed by atoms with Gasteiger partial charge in [0, 0.05) is 32.1 Å². The van der Waals surface area contributed by atoms with Crippen molar-refractivity contribution in [3.63, 3.8) is 0 Å². The van der Waals surface area contributed by atoms with Crippen molar-refractivity contribution in [1.82, 2.24) is 10.2 Å². The van der Waals surface area contributed by atoms with Gasteiger partial charge < -0.3 is 25.0 Å². The average Bonchev–Trinajstić information content (AvgIpc) is 2.81. The summed E-state index contributed by atoms with van der Waals surface area (Å²) in [4.78, 5) is 25.3. The lowest BCUT2D eigenvalue weighted by Crippen LogP contribution is -2.28. The van der Waals surface area contributed by atoms with Gasteiger partial charge in [0.1, 0.15) is 0 Å². The Labute approximate surface area is 196 Å². The molecule has 7 heteroatoms. The van der Waals surface area contributed by atoms with Gasteiger partial charge in [-0.1, -0.05) is 30.4 Å². The predicted molar refractivity (Wildman–Crippen MR) is 133 cm³/mol. The number of hydrogen-bond donors (Lipinski definition) is 2. The summed E-state index contributed by atoms with van der Waals surface area (Å²) in [5.74, 6) is 1.39. The van der Waals surface area contributed by atoms with E-state index in [-0.39, 0.29) is 11.8 Å². The summed E-state index contributed by atoms with van der Waals surface area (Å²) in [6.45, 7) is 3.96. The lowest BCUT2D eigenvalue weighted by molar-refractivity contribution is -0.120. The number of hydrogen-bond acceptors (Lipinski definition) is 5. The third-order valence-electron chi connectivity index (χ3n) is 5.11. The molecule has 0 saturated carbocycles. The molecule has 0 bridgehead atoms. The summed E-state index contributed by atoms with van der Waals surface area (Å²) in [5.41, 5.74) is 2.93. The second kappa shape index (κ2) is 14.0. The van der Waals surface area contributed by atoms with E-state index in [4.69, 9.17) is 9.47 Å². The van der Waals surface area contributed by atoms with Gasteiger partial charge in [-0.2, -0.15) is 0 Å². The van der Waals surface area contributed by atoms with Gasteiger partial charge in [-0.25, -0.2) is 0 Å². The van der Waals surface area contributed by atoms with E-state index in [2.05, 4.69) is 28.6 Å². The highest BCUT2D eigenvalue weighted by Crippen LogP contribution is 2.27.